The number of halogens is 1. The highest BCUT2D eigenvalue weighted by Crippen LogP contribution is 2.23. The molecule has 1 fully saturated rings. The van der Waals surface area contributed by atoms with Crippen LogP contribution in [0, 0.1) is 5.82 Å². The number of nitrogens with zero attached hydrogens (tertiary/aromatic N) is 3. The van der Waals surface area contributed by atoms with Gasteiger partial charge in [0.1, 0.15) is 17.3 Å². The number of piperazine rings is 1. The van der Waals surface area contributed by atoms with Gasteiger partial charge < -0.3 is 14.1 Å². The van der Waals surface area contributed by atoms with Crippen LogP contribution in [0.4, 0.5) is 4.39 Å². The molecule has 1 aliphatic rings. The molecular weight excluding hydrogens is 349 g/mol. The molecule has 2 aromatic rings. The summed E-state index contributed by atoms with van der Waals surface area (Å²) >= 11 is 0. The topological polar surface area (TPSA) is 58.8 Å². The molecule has 27 heavy (non-hydrogen) atoms. The van der Waals surface area contributed by atoms with E-state index >= 15 is 0 Å². The summed E-state index contributed by atoms with van der Waals surface area (Å²) in [7, 11) is 0. The number of ether oxygens (including phenoxy) is 1. The van der Waals surface area contributed by atoms with Gasteiger partial charge in [-0.05, 0) is 24.3 Å². The van der Waals surface area contributed by atoms with Crippen molar-refractivity contribution in [1.82, 2.24) is 14.8 Å². The van der Waals surface area contributed by atoms with Gasteiger partial charge in [0.05, 0.1) is 12.7 Å². The highest BCUT2D eigenvalue weighted by Gasteiger charge is 2.24. The molecule has 1 amide bonds. The van der Waals surface area contributed by atoms with Crippen LogP contribution < -0.4 is 4.74 Å². The summed E-state index contributed by atoms with van der Waals surface area (Å²) in [6.07, 6.45) is 1.79. The molecule has 0 N–H and O–H groups in total. The number of rotatable bonds is 5. The van der Waals surface area contributed by atoms with Crippen molar-refractivity contribution in [2.24, 2.45) is 0 Å². The Balaban J connectivity index is 1.43. The first-order chi connectivity index (χ1) is 12.8. The number of aromatic nitrogens is 1. The molecule has 1 aliphatic heterocycles. The van der Waals surface area contributed by atoms with Crippen LogP contribution in [0.15, 0.2) is 34.9 Å². The minimum absolute atomic E-state index is 0.0414. The molecule has 0 aliphatic carbocycles. The molecule has 0 spiro atoms. The monoisotopic (exact) mass is 375 g/mol. The summed E-state index contributed by atoms with van der Waals surface area (Å²) in [6.45, 7) is 9.67. The Morgan fingerprint density at radius 2 is 1.85 bits per heavy atom. The second kappa shape index (κ2) is 8.08. The molecular formula is C20H26FN3O3. The van der Waals surface area contributed by atoms with E-state index in [1.165, 1.54) is 24.3 Å². The molecule has 6 nitrogen and oxygen atoms in total. The lowest BCUT2D eigenvalue weighted by atomic mass is 9.94. The molecule has 7 heteroatoms. The summed E-state index contributed by atoms with van der Waals surface area (Å²) in [4.78, 5) is 20.7. The van der Waals surface area contributed by atoms with Crippen molar-refractivity contribution in [3.05, 3.63) is 47.9 Å². The van der Waals surface area contributed by atoms with E-state index in [1.807, 2.05) is 0 Å². The van der Waals surface area contributed by atoms with Gasteiger partial charge in [-0.3, -0.25) is 9.69 Å². The van der Waals surface area contributed by atoms with E-state index in [4.69, 9.17) is 9.15 Å². The van der Waals surface area contributed by atoms with E-state index in [1.54, 1.807) is 11.1 Å². The molecule has 0 saturated carbocycles. The zero-order valence-electron chi connectivity index (χ0n) is 16.1. The zero-order valence-corrected chi connectivity index (χ0v) is 16.1. The number of hydrogen-bond acceptors (Lipinski definition) is 5. The Morgan fingerprint density at radius 1 is 1.19 bits per heavy atom. The normalized spacial score (nSPS) is 15.8. The molecule has 1 aromatic heterocycles. The van der Waals surface area contributed by atoms with Gasteiger partial charge in [-0.25, -0.2) is 9.37 Å². The van der Waals surface area contributed by atoms with Crippen molar-refractivity contribution >= 4 is 5.91 Å². The van der Waals surface area contributed by atoms with Crippen LogP contribution >= 0.6 is 0 Å². The Bertz CT molecular complexity index is 760. The Labute approximate surface area is 158 Å². The fourth-order valence-electron chi connectivity index (χ4n) is 2.84. The van der Waals surface area contributed by atoms with Gasteiger partial charge in [0.15, 0.2) is 6.61 Å². The van der Waals surface area contributed by atoms with Gasteiger partial charge in [-0.2, -0.15) is 0 Å². The maximum absolute atomic E-state index is 12.9. The quantitative estimate of drug-likeness (QED) is 0.804. The average molecular weight is 375 g/mol. The van der Waals surface area contributed by atoms with Gasteiger partial charge in [0.25, 0.3) is 5.91 Å². The zero-order chi connectivity index (χ0) is 19.4. The molecule has 1 aromatic carbocycles. The molecule has 0 radical (unpaired) electrons. The van der Waals surface area contributed by atoms with E-state index < -0.39 is 0 Å². The Hall–Kier alpha value is -2.41. The summed E-state index contributed by atoms with van der Waals surface area (Å²) < 4.78 is 24.2. The SMILES string of the molecule is CC(C)(C)c1cnc(CN2CCN(C(=O)COc3ccc(F)cc3)CC2)o1. The summed E-state index contributed by atoms with van der Waals surface area (Å²) in [5, 5.41) is 0. The van der Waals surface area contributed by atoms with E-state index in [2.05, 4.69) is 30.7 Å². The van der Waals surface area contributed by atoms with Crippen LogP contribution in [0.2, 0.25) is 0 Å². The number of carbonyl (C=O) groups is 1. The minimum Gasteiger partial charge on any atom is -0.484 e. The first-order valence-corrected chi connectivity index (χ1v) is 9.15. The van der Waals surface area contributed by atoms with Crippen molar-refractivity contribution in [2.75, 3.05) is 32.8 Å². The van der Waals surface area contributed by atoms with Crippen LogP contribution in [0.5, 0.6) is 5.75 Å². The summed E-state index contributed by atoms with van der Waals surface area (Å²) in [5.41, 5.74) is -0.0547. The number of oxazole rings is 1. The maximum Gasteiger partial charge on any atom is 0.260 e. The Morgan fingerprint density at radius 3 is 2.44 bits per heavy atom. The molecule has 3 rings (SSSR count). The van der Waals surface area contributed by atoms with Crippen LogP contribution in [0.25, 0.3) is 0 Å². The number of carbonyl (C=O) groups excluding carboxylic acids is 1. The highest BCUT2D eigenvalue weighted by molar-refractivity contribution is 5.77. The fourth-order valence-corrected chi connectivity index (χ4v) is 2.84. The van der Waals surface area contributed by atoms with E-state index in [9.17, 15) is 9.18 Å². The van der Waals surface area contributed by atoms with Crippen LogP contribution in [-0.4, -0.2) is 53.5 Å². The first-order valence-electron chi connectivity index (χ1n) is 9.15. The minimum atomic E-state index is -0.328. The lowest BCUT2D eigenvalue weighted by Crippen LogP contribution is -2.49. The van der Waals surface area contributed by atoms with Crippen molar-refractivity contribution in [3.63, 3.8) is 0 Å². The van der Waals surface area contributed by atoms with Gasteiger partial charge in [-0.15, -0.1) is 0 Å². The summed E-state index contributed by atoms with van der Waals surface area (Å²) in [6, 6.07) is 5.66. The molecule has 146 valence electrons. The van der Waals surface area contributed by atoms with Crippen molar-refractivity contribution in [1.29, 1.82) is 0 Å². The third-order valence-corrected chi connectivity index (χ3v) is 4.55. The predicted molar refractivity (Wildman–Crippen MR) is 99.0 cm³/mol. The second-order valence-electron chi connectivity index (χ2n) is 7.77. The molecule has 0 atom stereocenters. The van der Waals surface area contributed by atoms with E-state index in [0.29, 0.717) is 31.3 Å². The fraction of sp³-hybridized carbons (Fsp3) is 0.500. The number of amides is 1. The molecule has 0 unspecified atom stereocenters. The van der Waals surface area contributed by atoms with Crippen molar-refractivity contribution < 1.29 is 18.3 Å². The van der Waals surface area contributed by atoms with Crippen molar-refractivity contribution in [3.8, 4) is 5.75 Å². The van der Waals surface area contributed by atoms with Crippen LogP contribution in [0.1, 0.15) is 32.4 Å². The van der Waals surface area contributed by atoms with Gasteiger partial charge in [0, 0.05) is 31.6 Å². The van der Waals surface area contributed by atoms with E-state index in [-0.39, 0.29) is 23.7 Å². The molecule has 1 saturated heterocycles. The largest absolute Gasteiger partial charge is 0.484 e. The first kappa shape index (κ1) is 19.4. The molecule has 0 bridgehead atoms. The predicted octanol–water partition coefficient (Wildman–Crippen LogP) is 2.83. The van der Waals surface area contributed by atoms with Crippen molar-refractivity contribution in [2.45, 2.75) is 32.7 Å². The van der Waals surface area contributed by atoms with Gasteiger partial charge >= 0.3 is 0 Å². The lowest BCUT2D eigenvalue weighted by Gasteiger charge is -2.34. The van der Waals surface area contributed by atoms with Crippen LogP contribution in [-0.2, 0) is 16.8 Å². The lowest BCUT2D eigenvalue weighted by molar-refractivity contribution is -0.135. The van der Waals surface area contributed by atoms with E-state index in [0.717, 1.165) is 18.8 Å². The highest BCUT2D eigenvalue weighted by atomic mass is 19.1. The number of benzene rings is 1. The average Bonchev–Trinajstić information content (AvgIpc) is 3.10. The number of hydrogen-bond donors (Lipinski definition) is 0. The third kappa shape index (κ3) is 5.29. The molecule has 2 heterocycles. The Kier molecular flexibility index (Phi) is 5.79. The van der Waals surface area contributed by atoms with Gasteiger partial charge in [-0.1, -0.05) is 20.8 Å². The van der Waals surface area contributed by atoms with Gasteiger partial charge in [0.2, 0.25) is 5.89 Å². The smallest absolute Gasteiger partial charge is 0.260 e. The second-order valence-corrected chi connectivity index (χ2v) is 7.77. The summed E-state index contributed by atoms with van der Waals surface area (Å²) in [5.74, 6) is 1.68. The third-order valence-electron chi connectivity index (χ3n) is 4.55. The maximum atomic E-state index is 12.9. The standard InChI is InChI=1S/C20H26FN3O3/c1-20(2,3)17-12-22-18(27-17)13-23-8-10-24(11-9-23)19(25)14-26-16-6-4-15(21)5-7-16/h4-7,12H,8-11,13-14H2,1-3H3. The van der Waals surface area contributed by atoms with Crippen LogP contribution in [0.3, 0.4) is 0 Å².